The normalized spacial score (nSPS) is 12.0. The molecule has 0 radical (unpaired) electrons. The van der Waals surface area contributed by atoms with Gasteiger partial charge < -0.3 is 15.2 Å². The van der Waals surface area contributed by atoms with E-state index in [1.54, 1.807) is 12.1 Å². The molecule has 0 fully saturated rings. The summed E-state index contributed by atoms with van der Waals surface area (Å²) >= 11 is 0. The Kier molecular flexibility index (Phi) is 6.36. The van der Waals surface area contributed by atoms with Crippen LogP contribution in [0.15, 0.2) is 18.2 Å². The molecule has 0 bridgehead atoms. The summed E-state index contributed by atoms with van der Waals surface area (Å²) in [5.41, 5.74) is 1.56. The summed E-state index contributed by atoms with van der Waals surface area (Å²) in [7, 11) is 0. The van der Waals surface area contributed by atoms with Crippen LogP contribution in [0.2, 0.25) is 0 Å². The van der Waals surface area contributed by atoms with Gasteiger partial charge in [-0.25, -0.2) is 0 Å². The van der Waals surface area contributed by atoms with Crippen LogP contribution >= 0.6 is 0 Å². The van der Waals surface area contributed by atoms with Gasteiger partial charge in [0, 0.05) is 12.1 Å². The molecule has 0 aliphatic heterocycles. The summed E-state index contributed by atoms with van der Waals surface area (Å²) in [6.07, 6.45) is 1.11. The van der Waals surface area contributed by atoms with Gasteiger partial charge in [-0.15, -0.1) is 0 Å². The van der Waals surface area contributed by atoms with Gasteiger partial charge in [-0.3, -0.25) is 4.79 Å². The minimum Gasteiger partial charge on any atom is -0.494 e. The van der Waals surface area contributed by atoms with E-state index in [1.165, 1.54) is 0 Å². The van der Waals surface area contributed by atoms with Gasteiger partial charge in [0.15, 0.2) is 0 Å². The molecule has 0 saturated carbocycles. The molecule has 0 aliphatic rings. The van der Waals surface area contributed by atoms with Crippen molar-refractivity contribution in [1.29, 1.82) is 0 Å². The van der Waals surface area contributed by atoms with Crippen molar-refractivity contribution in [3.8, 4) is 5.75 Å². The predicted octanol–water partition coefficient (Wildman–Crippen LogP) is 2.28. The van der Waals surface area contributed by atoms with Crippen LogP contribution in [0.3, 0.4) is 0 Å². The number of aliphatic hydroxyl groups is 1. The van der Waals surface area contributed by atoms with Crippen molar-refractivity contribution >= 4 is 5.91 Å². The smallest absolute Gasteiger partial charge is 0.251 e. The van der Waals surface area contributed by atoms with Crippen LogP contribution in [0, 0.1) is 6.92 Å². The summed E-state index contributed by atoms with van der Waals surface area (Å²) in [5.74, 6) is 0.542. The highest BCUT2D eigenvalue weighted by atomic mass is 16.5. The number of aryl methyl sites for hydroxylation is 1. The number of benzene rings is 1. The summed E-state index contributed by atoms with van der Waals surface area (Å²) < 4.78 is 5.46. The third kappa shape index (κ3) is 4.91. The molecule has 1 unspecified atom stereocenters. The largest absolute Gasteiger partial charge is 0.494 e. The van der Waals surface area contributed by atoms with E-state index >= 15 is 0 Å². The minimum atomic E-state index is -0.481. The lowest BCUT2D eigenvalue weighted by molar-refractivity contribution is 0.0909. The van der Waals surface area contributed by atoms with Gasteiger partial charge in [0.2, 0.25) is 0 Å². The Morgan fingerprint density at radius 2 is 2.16 bits per heavy atom. The topological polar surface area (TPSA) is 58.6 Å². The SMILES string of the molecule is CCCC(O)CNC(=O)c1ccc(C)c(OCC)c1. The van der Waals surface area contributed by atoms with Crippen LogP contribution < -0.4 is 10.1 Å². The Bertz CT molecular complexity index is 418. The van der Waals surface area contributed by atoms with Crippen LogP contribution in [-0.4, -0.2) is 30.3 Å². The van der Waals surface area contributed by atoms with E-state index in [4.69, 9.17) is 4.74 Å². The van der Waals surface area contributed by atoms with Crippen molar-refractivity contribution < 1.29 is 14.6 Å². The average Bonchev–Trinajstić information content (AvgIpc) is 2.39. The maximum Gasteiger partial charge on any atom is 0.251 e. The number of nitrogens with one attached hydrogen (secondary N) is 1. The highest BCUT2D eigenvalue weighted by molar-refractivity contribution is 5.94. The number of ether oxygens (including phenoxy) is 1. The second kappa shape index (κ2) is 7.79. The van der Waals surface area contributed by atoms with Gasteiger partial charge in [0.05, 0.1) is 12.7 Å². The second-order valence-corrected chi connectivity index (χ2v) is 4.57. The lowest BCUT2D eigenvalue weighted by Crippen LogP contribution is -2.32. The van der Waals surface area contributed by atoms with Gasteiger partial charge in [-0.2, -0.15) is 0 Å². The monoisotopic (exact) mass is 265 g/mol. The quantitative estimate of drug-likeness (QED) is 0.795. The van der Waals surface area contributed by atoms with Crippen LogP contribution in [0.4, 0.5) is 0 Å². The molecule has 0 aliphatic carbocycles. The Hall–Kier alpha value is -1.55. The number of aliphatic hydroxyl groups excluding tert-OH is 1. The first-order valence-electron chi connectivity index (χ1n) is 6.78. The molecule has 4 nitrogen and oxygen atoms in total. The zero-order valence-electron chi connectivity index (χ0n) is 11.9. The zero-order valence-corrected chi connectivity index (χ0v) is 11.9. The maximum absolute atomic E-state index is 11.9. The summed E-state index contributed by atoms with van der Waals surface area (Å²) in [6, 6.07) is 5.36. The standard InChI is InChI=1S/C15H23NO3/c1-4-6-13(17)10-16-15(18)12-8-7-11(3)14(9-12)19-5-2/h7-9,13,17H,4-6,10H2,1-3H3,(H,16,18). The van der Waals surface area contributed by atoms with E-state index in [-0.39, 0.29) is 12.5 Å². The number of hydrogen-bond acceptors (Lipinski definition) is 3. The van der Waals surface area contributed by atoms with Crippen LogP contribution in [0.5, 0.6) is 5.75 Å². The van der Waals surface area contributed by atoms with Crippen molar-refractivity contribution in [3.05, 3.63) is 29.3 Å². The van der Waals surface area contributed by atoms with Gasteiger partial charge in [-0.1, -0.05) is 19.4 Å². The van der Waals surface area contributed by atoms with Crippen molar-refractivity contribution in [1.82, 2.24) is 5.32 Å². The zero-order chi connectivity index (χ0) is 14.3. The highest BCUT2D eigenvalue weighted by Gasteiger charge is 2.10. The highest BCUT2D eigenvalue weighted by Crippen LogP contribution is 2.19. The number of amides is 1. The van der Waals surface area contributed by atoms with Crippen LogP contribution in [-0.2, 0) is 0 Å². The third-order valence-electron chi connectivity index (χ3n) is 2.87. The van der Waals surface area contributed by atoms with Gasteiger partial charge >= 0.3 is 0 Å². The molecular formula is C15H23NO3. The fraction of sp³-hybridized carbons (Fsp3) is 0.533. The lowest BCUT2D eigenvalue weighted by Gasteiger charge is -2.12. The maximum atomic E-state index is 11.9. The minimum absolute atomic E-state index is 0.184. The molecule has 1 aromatic carbocycles. The molecule has 1 amide bonds. The summed E-state index contributed by atoms with van der Waals surface area (Å²) in [5, 5.41) is 12.3. The predicted molar refractivity (Wildman–Crippen MR) is 75.6 cm³/mol. The second-order valence-electron chi connectivity index (χ2n) is 4.57. The van der Waals surface area contributed by atoms with E-state index in [1.807, 2.05) is 26.8 Å². The summed E-state index contributed by atoms with van der Waals surface area (Å²) in [4.78, 5) is 11.9. The molecule has 0 spiro atoms. The molecule has 4 heteroatoms. The van der Waals surface area contributed by atoms with Crippen molar-refractivity contribution in [3.63, 3.8) is 0 Å². The van der Waals surface area contributed by atoms with Crippen molar-refractivity contribution in [2.45, 2.75) is 39.7 Å². The Labute approximate surface area is 114 Å². The Balaban J connectivity index is 2.64. The first-order valence-corrected chi connectivity index (χ1v) is 6.78. The molecule has 1 aromatic rings. The van der Waals surface area contributed by atoms with Crippen molar-refractivity contribution in [2.24, 2.45) is 0 Å². The van der Waals surface area contributed by atoms with E-state index in [0.29, 0.717) is 18.6 Å². The lowest BCUT2D eigenvalue weighted by atomic mass is 10.1. The molecule has 0 saturated heterocycles. The fourth-order valence-corrected chi connectivity index (χ4v) is 1.80. The van der Waals surface area contributed by atoms with Crippen LogP contribution in [0.25, 0.3) is 0 Å². The van der Waals surface area contributed by atoms with Gasteiger partial charge in [-0.05, 0) is 38.0 Å². The number of hydrogen-bond donors (Lipinski definition) is 2. The number of carbonyl (C=O) groups is 1. The summed E-state index contributed by atoms with van der Waals surface area (Å²) in [6.45, 7) is 6.70. The van der Waals surface area contributed by atoms with Crippen molar-refractivity contribution in [2.75, 3.05) is 13.2 Å². The number of rotatable bonds is 7. The first-order chi connectivity index (χ1) is 9.08. The van der Waals surface area contributed by atoms with Gasteiger partial charge in [0.1, 0.15) is 5.75 Å². The van der Waals surface area contributed by atoms with E-state index in [9.17, 15) is 9.90 Å². The molecule has 0 heterocycles. The van der Waals surface area contributed by atoms with E-state index < -0.39 is 6.10 Å². The Morgan fingerprint density at radius 3 is 2.79 bits per heavy atom. The molecule has 0 aromatic heterocycles. The molecule has 106 valence electrons. The van der Waals surface area contributed by atoms with E-state index in [0.717, 1.165) is 17.7 Å². The average molecular weight is 265 g/mol. The third-order valence-corrected chi connectivity index (χ3v) is 2.87. The molecular weight excluding hydrogens is 242 g/mol. The number of carbonyl (C=O) groups excluding carboxylic acids is 1. The molecule has 19 heavy (non-hydrogen) atoms. The van der Waals surface area contributed by atoms with E-state index in [2.05, 4.69) is 5.32 Å². The molecule has 2 N–H and O–H groups in total. The Morgan fingerprint density at radius 1 is 1.42 bits per heavy atom. The fourth-order valence-electron chi connectivity index (χ4n) is 1.80. The molecule has 1 atom stereocenters. The van der Waals surface area contributed by atoms with Crippen LogP contribution in [0.1, 0.15) is 42.6 Å². The van der Waals surface area contributed by atoms with Gasteiger partial charge in [0.25, 0.3) is 5.91 Å². The first kappa shape index (κ1) is 15.5. The molecule has 1 rings (SSSR count).